The molecule has 27 heavy (non-hydrogen) atoms. The number of hydrogen-bond donors (Lipinski definition) is 0. The van der Waals surface area contributed by atoms with Gasteiger partial charge in [0.15, 0.2) is 0 Å². The van der Waals surface area contributed by atoms with E-state index in [0.29, 0.717) is 5.92 Å². The van der Waals surface area contributed by atoms with Crippen molar-refractivity contribution in [2.24, 2.45) is 11.8 Å². The van der Waals surface area contributed by atoms with E-state index in [1.807, 2.05) is 0 Å². The van der Waals surface area contributed by atoms with Crippen molar-refractivity contribution in [2.75, 3.05) is 26.8 Å². The highest BCUT2D eigenvalue weighted by Crippen LogP contribution is 2.59. The van der Waals surface area contributed by atoms with E-state index in [1.165, 1.54) is 5.57 Å². The molecule has 3 saturated heterocycles. The number of carbonyl (C=O) groups is 1. The van der Waals surface area contributed by atoms with Crippen molar-refractivity contribution in [1.82, 2.24) is 4.90 Å². The van der Waals surface area contributed by atoms with Crippen LogP contribution in [0.1, 0.15) is 47.0 Å². The summed E-state index contributed by atoms with van der Waals surface area (Å²) in [6.45, 7) is 10.8. The van der Waals surface area contributed by atoms with E-state index in [2.05, 4.69) is 33.8 Å². The third-order valence-corrected chi connectivity index (χ3v) is 6.81. The number of carbonyl (C=O) groups excluding carboxylic acids is 1. The molecule has 0 bridgehead atoms. The summed E-state index contributed by atoms with van der Waals surface area (Å²) in [4.78, 5) is 14.2. The van der Waals surface area contributed by atoms with Gasteiger partial charge in [-0.05, 0) is 46.0 Å². The molecule has 4 rings (SSSR count). The lowest BCUT2D eigenvalue weighted by molar-refractivity contribution is -0.124. The second kappa shape index (κ2) is 6.75. The van der Waals surface area contributed by atoms with Gasteiger partial charge in [-0.25, -0.2) is 4.79 Å². The van der Waals surface area contributed by atoms with E-state index in [1.54, 1.807) is 12.0 Å². The summed E-state index contributed by atoms with van der Waals surface area (Å²) < 4.78 is 23.9. The molecular formula is C21H33NO5. The van der Waals surface area contributed by atoms with Crippen LogP contribution >= 0.6 is 0 Å². The Morgan fingerprint density at radius 1 is 1.33 bits per heavy atom. The molecule has 1 saturated carbocycles. The predicted molar refractivity (Wildman–Crippen MR) is 101 cm³/mol. The van der Waals surface area contributed by atoms with Gasteiger partial charge in [-0.15, -0.1) is 0 Å². The Hall–Kier alpha value is -1.11. The molecule has 0 aromatic carbocycles. The smallest absolute Gasteiger partial charge is 0.410 e. The lowest BCUT2D eigenvalue weighted by atomic mass is 9.68. The summed E-state index contributed by atoms with van der Waals surface area (Å²) in [6.07, 6.45) is 4.30. The highest BCUT2D eigenvalue weighted by molar-refractivity contribution is 5.69. The van der Waals surface area contributed by atoms with Crippen LogP contribution in [0, 0.1) is 11.8 Å². The Kier molecular flexibility index (Phi) is 4.80. The molecule has 3 heterocycles. The summed E-state index contributed by atoms with van der Waals surface area (Å²) >= 11 is 0. The molecule has 0 N–H and O–H groups in total. The van der Waals surface area contributed by atoms with Gasteiger partial charge in [0.25, 0.3) is 0 Å². The van der Waals surface area contributed by atoms with Crippen LogP contribution in [0.3, 0.4) is 0 Å². The largest absolute Gasteiger partial charge is 0.443 e. The molecule has 1 spiro atoms. The van der Waals surface area contributed by atoms with Crippen LogP contribution < -0.4 is 0 Å². The van der Waals surface area contributed by atoms with Gasteiger partial charge in [-0.1, -0.05) is 18.6 Å². The summed E-state index contributed by atoms with van der Waals surface area (Å²) in [7, 11) is 1.71. The lowest BCUT2D eigenvalue weighted by Gasteiger charge is -2.44. The number of rotatable bonds is 5. The second-order valence-electron chi connectivity index (χ2n) is 9.31. The number of allylic oxidation sites excluding steroid dienone is 1. The van der Waals surface area contributed by atoms with Gasteiger partial charge in [0.2, 0.25) is 0 Å². The Morgan fingerprint density at radius 2 is 2.04 bits per heavy atom. The van der Waals surface area contributed by atoms with Crippen molar-refractivity contribution in [3.8, 4) is 0 Å². The molecule has 6 heteroatoms. The van der Waals surface area contributed by atoms with Crippen LogP contribution in [0.2, 0.25) is 0 Å². The fourth-order valence-electron chi connectivity index (χ4n) is 5.12. The zero-order chi connectivity index (χ0) is 19.4. The molecule has 152 valence electrons. The minimum atomic E-state index is -0.292. The number of nitrogens with zero attached hydrogens (tertiary/aromatic N) is 1. The summed E-state index contributed by atoms with van der Waals surface area (Å²) in [6, 6.07) is 0. The molecule has 4 aliphatic rings. The molecule has 6 nitrogen and oxygen atoms in total. The Bertz CT molecular complexity index is 620. The van der Waals surface area contributed by atoms with Crippen LogP contribution in [-0.2, 0) is 18.9 Å². The van der Waals surface area contributed by atoms with E-state index < -0.39 is 0 Å². The van der Waals surface area contributed by atoms with Crippen LogP contribution in [0.15, 0.2) is 11.6 Å². The van der Waals surface area contributed by atoms with Crippen molar-refractivity contribution in [2.45, 2.75) is 76.5 Å². The highest BCUT2D eigenvalue weighted by atomic mass is 16.6. The van der Waals surface area contributed by atoms with Crippen molar-refractivity contribution in [3.63, 3.8) is 0 Å². The molecular weight excluding hydrogens is 346 g/mol. The summed E-state index contributed by atoms with van der Waals surface area (Å²) in [5.74, 6) is 0.639. The van der Waals surface area contributed by atoms with Crippen molar-refractivity contribution < 1.29 is 23.7 Å². The average molecular weight is 379 g/mol. The molecule has 0 aromatic heterocycles. The molecule has 6 atom stereocenters. The number of amides is 1. The molecule has 4 unspecified atom stereocenters. The molecule has 3 aliphatic heterocycles. The first-order valence-electron chi connectivity index (χ1n) is 10.2. The zero-order valence-electron chi connectivity index (χ0n) is 17.2. The Morgan fingerprint density at radius 3 is 2.59 bits per heavy atom. The monoisotopic (exact) mass is 379 g/mol. The minimum Gasteiger partial charge on any atom is -0.443 e. The summed E-state index contributed by atoms with van der Waals surface area (Å²) in [5, 5.41) is 0. The maximum Gasteiger partial charge on any atom is 0.410 e. The second-order valence-corrected chi connectivity index (χ2v) is 9.31. The first-order chi connectivity index (χ1) is 12.8. The summed E-state index contributed by atoms with van der Waals surface area (Å²) in [5.41, 5.74) is 0.829. The fourth-order valence-corrected chi connectivity index (χ4v) is 5.12. The van der Waals surface area contributed by atoms with Gasteiger partial charge >= 0.3 is 6.09 Å². The highest BCUT2D eigenvalue weighted by Gasteiger charge is 2.72. The lowest BCUT2D eigenvalue weighted by Crippen LogP contribution is -2.57. The van der Waals surface area contributed by atoms with Crippen LogP contribution in [0.5, 0.6) is 0 Å². The Balaban J connectivity index is 1.47. The maximum absolute atomic E-state index is 12.5. The molecule has 1 aliphatic carbocycles. The number of epoxide rings is 2. The van der Waals surface area contributed by atoms with E-state index in [9.17, 15) is 4.79 Å². The molecule has 0 aromatic rings. The van der Waals surface area contributed by atoms with Crippen LogP contribution in [0.4, 0.5) is 4.79 Å². The standard InChI is InChI=1S/C21H33NO5/c1-13(2)6-7-16-20(4,27-16)18-17(24-5)15(8-9-21(18)12-25-21)26-19(23)22-10-14(3)11-22/h6,14-18H,7-12H2,1-5H3/t15-,16?,17-,18?,20?,21?/m1/s1. The van der Waals surface area contributed by atoms with E-state index in [-0.39, 0.29) is 41.5 Å². The van der Waals surface area contributed by atoms with Crippen LogP contribution in [-0.4, -0.2) is 67.3 Å². The quantitative estimate of drug-likeness (QED) is 0.542. The van der Waals surface area contributed by atoms with E-state index in [0.717, 1.165) is 39.0 Å². The van der Waals surface area contributed by atoms with Gasteiger partial charge in [0.05, 0.1) is 18.6 Å². The number of likely N-dealkylation sites (tertiary alicyclic amines) is 1. The first kappa shape index (κ1) is 19.2. The third kappa shape index (κ3) is 3.40. The van der Waals surface area contributed by atoms with Gasteiger partial charge < -0.3 is 23.8 Å². The average Bonchev–Trinajstić information content (AvgIpc) is 3.49. The van der Waals surface area contributed by atoms with Crippen molar-refractivity contribution in [3.05, 3.63) is 11.6 Å². The fraction of sp³-hybridized carbons (Fsp3) is 0.857. The number of hydrogen-bond acceptors (Lipinski definition) is 5. The Labute approximate surface area is 162 Å². The van der Waals surface area contributed by atoms with Crippen molar-refractivity contribution in [1.29, 1.82) is 0 Å². The van der Waals surface area contributed by atoms with Crippen molar-refractivity contribution >= 4 is 6.09 Å². The topological polar surface area (TPSA) is 63.8 Å². The van der Waals surface area contributed by atoms with E-state index in [4.69, 9.17) is 18.9 Å². The third-order valence-electron chi connectivity index (χ3n) is 6.81. The van der Waals surface area contributed by atoms with Gasteiger partial charge in [-0.2, -0.15) is 0 Å². The van der Waals surface area contributed by atoms with E-state index >= 15 is 0 Å². The molecule has 1 amide bonds. The SMILES string of the molecule is CO[C@H]1C(C2(C)OC2CC=C(C)C)C2(CC[C@H]1OC(=O)N1CC(C)C1)CO2. The number of ether oxygens (including phenoxy) is 4. The first-order valence-corrected chi connectivity index (χ1v) is 10.2. The predicted octanol–water partition coefficient (Wildman–Crippen LogP) is 3.15. The molecule has 4 fully saturated rings. The van der Waals surface area contributed by atoms with Gasteiger partial charge in [0.1, 0.15) is 23.4 Å². The zero-order valence-corrected chi connectivity index (χ0v) is 17.2. The van der Waals surface area contributed by atoms with Gasteiger partial charge in [0, 0.05) is 20.2 Å². The maximum atomic E-state index is 12.5. The molecule has 0 radical (unpaired) electrons. The minimum absolute atomic E-state index is 0.0763. The van der Waals surface area contributed by atoms with Gasteiger partial charge in [-0.3, -0.25) is 0 Å². The number of methoxy groups -OCH3 is 1. The van der Waals surface area contributed by atoms with Crippen LogP contribution in [0.25, 0.3) is 0 Å². The normalized spacial score (nSPS) is 43.2.